The molecule has 2 heterocycles. The monoisotopic (exact) mass is 339 g/mol. The first-order valence-corrected chi connectivity index (χ1v) is 6.97. The molecule has 0 aliphatic rings. The molecule has 5 nitrogen and oxygen atoms in total. The molecule has 2 aromatic rings. The van der Waals surface area contributed by atoms with Gasteiger partial charge in [0, 0.05) is 10.2 Å². The van der Waals surface area contributed by atoms with E-state index in [1.54, 1.807) is 0 Å². The van der Waals surface area contributed by atoms with Gasteiger partial charge in [0.25, 0.3) is 0 Å². The van der Waals surface area contributed by atoms with E-state index >= 15 is 0 Å². The van der Waals surface area contributed by atoms with Crippen LogP contribution in [0.5, 0.6) is 0 Å². The third kappa shape index (κ3) is 2.20. The van der Waals surface area contributed by atoms with Crippen LogP contribution in [0.2, 0.25) is 0 Å². The summed E-state index contributed by atoms with van der Waals surface area (Å²) in [6.07, 6.45) is 1.73. The van der Waals surface area contributed by atoms with Crippen LogP contribution in [-0.2, 0) is 6.42 Å². The van der Waals surface area contributed by atoms with Crippen LogP contribution in [0.25, 0.3) is 5.52 Å². The van der Waals surface area contributed by atoms with Crippen molar-refractivity contribution >= 4 is 33.4 Å². The van der Waals surface area contributed by atoms with Crippen LogP contribution in [0.4, 0.5) is 0 Å². The lowest BCUT2D eigenvalue weighted by Gasteiger charge is -2.11. The van der Waals surface area contributed by atoms with E-state index in [2.05, 4.69) is 15.9 Å². The summed E-state index contributed by atoms with van der Waals surface area (Å²) in [6.45, 7) is 3.84. The molecular formula is C14H14BrNO4. The first-order valence-electron chi connectivity index (χ1n) is 6.18. The highest BCUT2D eigenvalue weighted by Crippen LogP contribution is 2.29. The maximum atomic E-state index is 11.4. The first-order chi connectivity index (χ1) is 9.38. The minimum absolute atomic E-state index is 0.199. The third-order valence-electron chi connectivity index (χ3n) is 3.30. The van der Waals surface area contributed by atoms with Crippen molar-refractivity contribution in [3.8, 4) is 0 Å². The second kappa shape index (κ2) is 5.28. The lowest BCUT2D eigenvalue weighted by atomic mass is 10.1. The number of aromatic carboxylic acids is 2. The number of carbonyl (C=O) groups is 2. The van der Waals surface area contributed by atoms with Gasteiger partial charge in [0.2, 0.25) is 0 Å². The van der Waals surface area contributed by atoms with E-state index in [1.807, 2.05) is 19.9 Å². The van der Waals surface area contributed by atoms with Crippen LogP contribution in [0, 0.1) is 6.92 Å². The maximum Gasteiger partial charge on any atom is 0.353 e. The molecule has 2 rings (SSSR count). The number of pyridine rings is 1. The fourth-order valence-corrected chi connectivity index (χ4v) is 2.97. The molecule has 2 N–H and O–H groups in total. The van der Waals surface area contributed by atoms with Crippen molar-refractivity contribution in [2.75, 3.05) is 0 Å². The minimum Gasteiger partial charge on any atom is -0.478 e. The molecule has 0 spiro atoms. The molecule has 0 fully saturated rings. The van der Waals surface area contributed by atoms with Crippen molar-refractivity contribution in [3.63, 3.8) is 0 Å². The Balaban J connectivity index is 2.93. The molecule has 6 heteroatoms. The van der Waals surface area contributed by atoms with Gasteiger partial charge < -0.3 is 14.6 Å². The normalized spacial score (nSPS) is 10.9. The molecule has 0 saturated heterocycles. The first kappa shape index (κ1) is 14.6. The van der Waals surface area contributed by atoms with Crippen molar-refractivity contribution in [2.24, 2.45) is 0 Å². The van der Waals surface area contributed by atoms with Gasteiger partial charge in [-0.25, -0.2) is 9.59 Å². The molecule has 20 heavy (non-hydrogen) atoms. The van der Waals surface area contributed by atoms with Gasteiger partial charge in [-0.15, -0.1) is 0 Å². The predicted molar refractivity (Wildman–Crippen MR) is 77.7 cm³/mol. The van der Waals surface area contributed by atoms with E-state index in [0.29, 0.717) is 9.99 Å². The summed E-state index contributed by atoms with van der Waals surface area (Å²) in [6, 6.07) is 3.31. The Morgan fingerprint density at radius 3 is 2.40 bits per heavy atom. The topological polar surface area (TPSA) is 79.0 Å². The lowest BCUT2D eigenvalue weighted by molar-refractivity contribution is 0.0647. The van der Waals surface area contributed by atoms with Crippen LogP contribution < -0.4 is 0 Å². The molecule has 0 aliphatic heterocycles. The summed E-state index contributed by atoms with van der Waals surface area (Å²) < 4.78 is 2.20. The van der Waals surface area contributed by atoms with E-state index < -0.39 is 11.9 Å². The smallest absolute Gasteiger partial charge is 0.353 e. The zero-order valence-electron chi connectivity index (χ0n) is 11.1. The Morgan fingerprint density at radius 1 is 1.25 bits per heavy atom. The summed E-state index contributed by atoms with van der Waals surface area (Å²) in [5.74, 6) is -2.49. The van der Waals surface area contributed by atoms with Gasteiger partial charge in [-0.1, -0.05) is 13.3 Å². The largest absolute Gasteiger partial charge is 0.478 e. The van der Waals surface area contributed by atoms with Crippen molar-refractivity contribution in [2.45, 2.75) is 26.7 Å². The summed E-state index contributed by atoms with van der Waals surface area (Å²) in [7, 11) is 0. The van der Waals surface area contributed by atoms with E-state index in [-0.39, 0.29) is 11.3 Å². The Labute approximate surface area is 124 Å². The highest BCUT2D eigenvalue weighted by molar-refractivity contribution is 9.10. The average Bonchev–Trinajstić information content (AvgIpc) is 2.77. The number of hydrogen-bond acceptors (Lipinski definition) is 2. The second-order valence-electron chi connectivity index (χ2n) is 4.59. The van der Waals surface area contributed by atoms with E-state index in [1.165, 1.54) is 10.5 Å². The van der Waals surface area contributed by atoms with E-state index in [4.69, 9.17) is 0 Å². The number of nitrogens with zero attached hydrogens (tertiary/aromatic N) is 1. The highest BCUT2D eigenvalue weighted by atomic mass is 79.9. The number of carboxylic acid groups (broad SMARTS) is 2. The molecular weight excluding hydrogens is 326 g/mol. The molecule has 0 atom stereocenters. The summed E-state index contributed by atoms with van der Waals surface area (Å²) in [5.41, 5.74) is 1.91. The van der Waals surface area contributed by atoms with Crippen molar-refractivity contribution < 1.29 is 19.8 Å². The van der Waals surface area contributed by atoms with Gasteiger partial charge in [-0.2, -0.15) is 0 Å². The summed E-state index contributed by atoms with van der Waals surface area (Å²) in [5, 5.41) is 18.5. The molecule has 2 aromatic heterocycles. The minimum atomic E-state index is -1.24. The SMILES string of the molecule is CCCc1cc(Br)c2cc(C(=O)O)c(C(=O)O)n2c1C. The molecule has 0 saturated carbocycles. The number of fused-ring (bicyclic) bond motifs is 1. The number of rotatable bonds is 4. The number of aryl methyl sites for hydroxylation is 2. The van der Waals surface area contributed by atoms with E-state index in [9.17, 15) is 19.8 Å². The summed E-state index contributed by atoms with van der Waals surface area (Å²) >= 11 is 3.39. The molecule has 0 unspecified atom stereocenters. The quantitative estimate of drug-likeness (QED) is 0.895. The fraction of sp³-hybridized carbons (Fsp3) is 0.286. The van der Waals surface area contributed by atoms with Crippen LogP contribution in [0.15, 0.2) is 16.6 Å². The Kier molecular flexibility index (Phi) is 3.85. The Bertz CT molecular complexity index is 718. The fourth-order valence-electron chi connectivity index (χ4n) is 2.41. The van der Waals surface area contributed by atoms with Crippen molar-refractivity contribution in [1.82, 2.24) is 4.40 Å². The van der Waals surface area contributed by atoms with E-state index in [0.717, 1.165) is 24.1 Å². The van der Waals surface area contributed by atoms with Gasteiger partial charge in [0.15, 0.2) is 0 Å². The third-order valence-corrected chi connectivity index (χ3v) is 3.93. The van der Waals surface area contributed by atoms with Crippen LogP contribution in [0.1, 0.15) is 45.4 Å². The molecule has 0 amide bonds. The zero-order chi connectivity index (χ0) is 15.0. The molecule has 0 radical (unpaired) electrons. The van der Waals surface area contributed by atoms with Crippen LogP contribution in [-0.4, -0.2) is 26.6 Å². The Morgan fingerprint density at radius 2 is 1.90 bits per heavy atom. The van der Waals surface area contributed by atoms with Crippen molar-refractivity contribution in [3.05, 3.63) is 39.1 Å². The second-order valence-corrected chi connectivity index (χ2v) is 5.44. The highest BCUT2D eigenvalue weighted by Gasteiger charge is 2.24. The molecule has 0 bridgehead atoms. The molecule has 0 aliphatic carbocycles. The standard InChI is InChI=1S/C14H14BrNO4/c1-3-4-8-5-10(15)11-6-9(13(17)18)12(14(19)20)16(11)7(8)2/h5-6H,3-4H2,1-2H3,(H,17,18)(H,19,20). The zero-order valence-corrected chi connectivity index (χ0v) is 12.7. The van der Waals surface area contributed by atoms with Gasteiger partial charge in [0.05, 0.1) is 11.1 Å². The van der Waals surface area contributed by atoms with Gasteiger partial charge in [0.1, 0.15) is 5.69 Å². The predicted octanol–water partition coefficient (Wildman–Crippen LogP) is 3.36. The van der Waals surface area contributed by atoms with Gasteiger partial charge in [-0.3, -0.25) is 0 Å². The number of hydrogen-bond donors (Lipinski definition) is 2. The van der Waals surface area contributed by atoms with Crippen LogP contribution in [0.3, 0.4) is 0 Å². The van der Waals surface area contributed by atoms with Gasteiger partial charge >= 0.3 is 11.9 Å². The number of halogens is 1. The van der Waals surface area contributed by atoms with Crippen molar-refractivity contribution in [1.29, 1.82) is 0 Å². The maximum absolute atomic E-state index is 11.4. The Hall–Kier alpha value is -1.82. The lowest BCUT2D eigenvalue weighted by Crippen LogP contribution is -2.11. The summed E-state index contributed by atoms with van der Waals surface area (Å²) in [4.78, 5) is 22.7. The molecule has 0 aromatic carbocycles. The number of aromatic nitrogens is 1. The number of carboxylic acids is 2. The van der Waals surface area contributed by atoms with Gasteiger partial charge in [-0.05, 0) is 47.0 Å². The average molecular weight is 340 g/mol. The molecule has 106 valence electrons. The van der Waals surface area contributed by atoms with Crippen LogP contribution >= 0.6 is 15.9 Å².